The van der Waals surface area contributed by atoms with Crippen LogP contribution in [0.2, 0.25) is 5.02 Å². The second kappa shape index (κ2) is 8.80. The number of fused-ring (bicyclic) bond motifs is 3. The predicted octanol–water partition coefficient (Wildman–Crippen LogP) is 4.80. The molecule has 2 heterocycles. The Kier molecular flexibility index (Phi) is 6.08. The minimum absolute atomic E-state index is 0.00688. The van der Waals surface area contributed by atoms with Gasteiger partial charge in [0.05, 0.1) is 22.9 Å². The van der Waals surface area contributed by atoms with Crippen LogP contribution in [-0.2, 0) is 13.1 Å². The van der Waals surface area contributed by atoms with E-state index < -0.39 is 4.92 Å². The molecule has 0 saturated heterocycles. The molecule has 3 aromatic rings. The Labute approximate surface area is 191 Å². The van der Waals surface area contributed by atoms with Crippen molar-refractivity contribution in [2.45, 2.75) is 52.9 Å². The van der Waals surface area contributed by atoms with Crippen molar-refractivity contribution in [3.8, 4) is 5.69 Å². The van der Waals surface area contributed by atoms with Gasteiger partial charge in [0.2, 0.25) is 0 Å². The van der Waals surface area contributed by atoms with E-state index in [-0.39, 0.29) is 5.69 Å². The summed E-state index contributed by atoms with van der Waals surface area (Å²) in [5.41, 5.74) is 2.71. The molecule has 0 unspecified atom stereocenters. The van der Waals surface area contributed by atoms with Crippen molar-refractivity contribution in [2.24, 2.45) is 4.99 Å². The van der Waals surface area contributed by atoms with Gasteiger partial charge in [0.15, 0.2) is 11.6 Å². The normalized spacial score (nSPS) is 13.2. The highest BCUT2D eigenvalue weighted by Gasteiger charge is 2.27. The molecule has 9 heteroatoms. The van der Waals surface area contributed by atoms with Crippen molar-refractivity contribution in [1.82, 2.24) is 19.7 Å². The summed E-state index contributed by atoms with van der Waals surface area (Å²) in [6, 6.07) is 12.8. The molecule has 0 radical (unpaired) electrons. The second-order valence-electron chi connectivity index (χ2n) is 8.33. The highest BCUT2D eigenvalue weighted by atomic mass is 35.5. The van der Waals surface area contributed by atoms with E-state index >= 15 is 0 Å². The Hall–Kier alpha value is -3.10. The fourth-order valence-electron chi connectivity index (χ4n) is 4.10. The monoisotopic (exact) mass is 452 g/mol. The zero-order valence-corrected chi connectivity index (χ0v) is 19.2. The Morgan fingerprint density at radius 1 is 1.09 bits per heavy atom. The largest absolute Gasteiger partial charge is 0.291 e. The standard InChI is InChI=1S/C23H25ClN6O2/c1-14(2)28(15(3)4)13-22-27-26-21-12-25-23(17-7-5-6-8-19(17)24)18-11-16(30(31)32)9-10-20(18)29(21)22/h5-11,14-15H,12-13H2,1-4H3. The molecular weight excluding hydrogens is 428 g/mol. The van der Waals surface area contributed by atoms with Crippen LogP contribution < -0.4 is 0 Å². The van der Waals surface area contributed by atoms with Crippen molar-refractivity contribution in [3.05, 3.63) is 80.4 Å². The van der Waals surface area contributed by atoms with Crippen LogP contribution in [0.4, 0.5) is 5.69 Å². The lowest BCUT2D eigenvalue weighted by Crippen LogP contribution is -2.37. The van der Waals surface area contributed by atoms with Gasteiger partial charge in [-0.3, -0.25) is 24.6 Å². The van der Waals surface area contributed by atoms with Crippen LogP contribution in [0.3, 0.4) is 0 Å². The Bertz CT molecular complexity index is 1190. The van der Waals surface area contributed by atoms with E-state index in [1.54, 1.807) is 18.2 Å². The van der Waals surface area contributed by atoms with Gasteiger partial charge in [-0.05, 0) is 39.8 Å². The maximum atomic E-state index is 11.5. The molecule has 8 nitrogen and oxygen atoms in total. The van der Waals surface area contributed by atoms with Crippen LogP contribution in [0.25, 0.3) is 5.69 Å². The van der Waals surface area contributed by atoms with Gasteiger partial charge in [-0.15, -0.1) is 10.2 Å². The molecule has 32 heavy (non-hydrogen) atoms. The molecule has 0 amide bonds. The number of benzene rings is 2. The molecule has 1 aromatic heterocycles. The Morgan fingerprint density at radius 2 is 1.81 bits per heavy atom. The van der Waals surface area contributed by atoms with Crippen LogP contribution in [0.5, 0.6) is 0 Å². The average molecular weight is 453 g/mol. The number of nitrogens with zero attached hydrogens (tertiary/aromatic N) is 6. The number of hydrogen-bond acceptors (Lipinski definition) is 6. The summed E-state index contributed by atoms with van der Waals surface area (Å²) in [6.45, 7) is 9.48. The molecule has 0 saturated carbocycles. The number of aromatic nitrogens is 3. The van der Waals surface area contributed by atoms with E-state index in [2.05, 4.69) is 42.8 Å². The molecule has 0 bridgehead atoms. The second-order valence-corrected chi connectivity index (χ2v) is 8.74. The van der Waals surface area contributed by atoms with Gasteiger partial charge in [0.1, 0.15) is 6.54 Å². The highest BCUT2D eigenvalue weighted by molar-refractivity contribution is 6.35. The van der Waals surface area contributed by atoms with Crippen molar-refractivity contribution in [3.63, 3.8) is 0 Å². The third kappa shape index (κ3) is 4.03. The smallest absolute Gasteiger partial charge is 0.270 e. The molecule has 0 spiro atoms. The van der Waals surface area contributed by atoms with Crippen LogP contribution in [0, 0.1) is 10.1 Å². The molecule has 0 aliphatic carbocycles. The first-order chi connectivity index (χ1) is 15.3. The molecule has 166 valence electrons. The number of rotatable bonds is 6. The third-order valence-corrected chi connectivity index (χ3v) is 5.97. The van der Waals surface area contributed by atoms with Gasteiger partial charge in [-0.25, -0.2) is 0 Å². The van der Waals surface area contributed by atoms with E-state index in [1.807, 2.05) is 22.8 Å². The van der Waals surface area contributed by atoms with Gasteiger partial charge in [0.25, 0.3) is 5.69 Å². The quantitative estimate of drug-likeness (QED) is 0.396. The molecule has 0 atom stereocenters. The van der Waals surface area contributed by atoms with E-state index in [0.717, 1.165) is 17.1 Å². The maximum Gasteiger partial charge on any atom is 0.270 e. The molecule has 1 aliphatic rings. The number of halogens is 1. The predicted molar refractivity (Wildman–Crippen MR) is 125 cm³/mol. The van der Waals surface area contributed by atoms with Gasteiger partial charge in [-0.1, -0.05) is 29.8 Å². The van der Waals surface area contributed by atoms with E-state index in [1.165, 1.54) is 6.07 Å². The summed E-state index contributed by atoms with van der Waals surface area (Å²) >= 11 is 6.48. The number of non-ortho nitro benzene ring substituents is 1. The van der Waals surface area contributed by atoms with Gasteiger partial charge < -0.3 is 0 Å². The summed E-state index contributed by atoms with van der Waals surface area (Å²) in [5.74, 6) is 1.46. The van der Waals surface area contributed by atoms with Crippen LogP contribution in [0.1, 0.15) is 50.5 Å². The lowest BCUT2D eigenvalue weighted by molar-refractivity contribution is -0.384. The minimum atomic E-state index is -0.400. The minimum Gasteiger partial charge on any atom is -0.291 e. The van der Waals surface area contributed by atoms with Crippen LogP contribution in [-0.4, -0.2) is 42.4 Å². The van der Waals surface area contributed by atoms with Crippen LogP contribution >= 0.6 is 11.6 Å². The summed E-state index contributed by atoms with van der Waals surface area (Å²) in [4.78, 5) is 18.2. The molecular formula is C23H25ClN6O2. The molecule has 4 rings (SSSR count). The van der Waals surface area contributed by atoms with Crippen molar-refractivity contribution in [1.29, 1.82) is 0 Å². The zero-order chi connectivity index (χ0) is 23.0. The first kappa shape index (κ1) is 22.1. The van der Waals surface area contributed by atoms with Crippen molar-refractivity contribution in [2.75, 3.05) is 0 Å². The topological polar surface area (TPSA) is 89.5 Å². The summed E-state index contributed by atoms with van der Waals surface area (Å²) < 4.78 is 1.98. The van der Waals surface area contributed by atoms with E-state index in [0.29, 0.717) is 47.3 Å². The van der Waals surface area contributed by atoms with Crippen molar-refractivity contribution >= 4 is 23.0 Å². The zero-order valence-electron chi connectivity index (χ0n) is 18.5. The summed E-state index contributed by atoms with van der Waals surface area (Å²) in [5, 5.41) is 20.9. The Balaban J connectivity index is 1.91. The molecule has 2 aromatic carbocycles. The van der Waals surface area contributed by atoms with E-state index in [4.69, 9.17) is 16.6 Å². The molecule has 0 fully saturated rings. The fraction of sp³-hybridized carbons (Fsp3) is 0.348. The molecule has 1 aliphatic heterocycles. The van der Waals surface area contributed by atoms with Gasteiger partial charge in [-0.2, -0.15) is 0 Å². The first-order valence-corrected chi connectivity index (χ1v) is 10.9. The van der Waals surface area contributed by atoms with Crippen LogP contribution in [0.15, 0.2) is 47.5 Å². The Morgan fingerprint density at radius 3 is 2.47 bits per heavy atom. The lowest BCUT2D eigenvalue weighted by Gasteiger charge is -2.30. The number of nitro groups is 1. The summed E-state index contributed by atoms with van der Waals surface area (Å²) in [6.07, 6.45) is 0. The van der Waals surface area contributed by atoms with Gasteiger partial charge >= 0.3 is 0 Å². The van der Waals surface area contributed by atoms with Gasteiger partial charge in [0, 0.05) is 40.4 Å². The fourth-order valence-corrected chi connectivity index (χ4v) is 4.33. The number of aliphatic imine (C=N–C) groups is 1. The average Bonchev–Trinajstić information content (AvgIpc) is 3.07. The van der Waals surface area contributed by atoms with Crippen molar-refractivity contribution < 1.29 is 4.92 Å². The SMILES string of the molecule is CC(C)N(Cc1nnc2n1-c1ccc([N+](=O)[O-])cc1C(c1ccccc1Cl)=NC2)C(C)C. The number of nitro benzene ring substituents is 1. The first-order valence-electron chi connectivity index (χ1n) is 10.6. The summed E-state index contributed by atoms with van der Waals surface area (Å²) in [7, 11) is 0. The molecule has 0 N–H and O–H groups in total. The number of hydrogen-bond donors (Lipinski definition) is 0. The van der Waals surface area contributed by atoms with E-state index in [9.17, 15) is 10.1 Å². The third-order valence-electron chi connectivity index (χ3n) is 5.64. The maximum absolute atomic E-state index is 11.5. The highest BCUT2D eigenvalue weighted by Crippen LogP contribution is 2.31. The lowest BCUT2D eigenvalue weighted by atomic mass is 9.99.